The first kappa shape index (κ1) is 17.7. The molecule has 1 unspecified atom stereocenters. The van der Waals surface area contributed by atoms with Gasteiger partial charge in [0.1, 0.15) is 0 Å². The molecule has 8 heteroatoms. The molecule has 0 spiro atoms. The van der Waals surface area contributed by atoms with Crippen LogP contribution < -0.4 is 16.6 Å². The minimum atomic E-state index is -0.476. The first-order valence-electron chi connectivity index (χ1n) is 8.52. The van der Waals surface area contributed by atoms with Crippen LogP contribution in [0.4, 0.5) is 0 Å². The topological polar surface area (TPSA) is 102 Å². The van der Waals surface area contributed by atoms with Gasteiger partial charge in [0.15, 0.2) is 0 Å². The number of rotatable bonds is 6. The predicted octanol–water partition coefficient (Wildman–Crippen LogP) is 0.972. The molecular formula is C18H21N5O3. The van der Waals surface area contributed by atoms with Gasteiger partial charge in [0.05, 0.1) is 10.9 Å². The molecular weight excluding hydrogens is 334 g/mol. The first-order valence-corrected chi connectivity index (χ1v) is 8.52. The summed E-state index contributed by atoms with van der Waals surface area (Å²) in [6.07, 6.45) is 3.59. The van der Waals surface area contributed by atoms with Crippen molar-refractivity contribution in [3.05, 3.63) is 63.1 Å². The van der Waals surface area contributed by atoms with Gasteiger partial charge in [-0.1, -0.05) is 6.92 Å². The molecule has 8 nitrogen and oxygen atoms in total. The van der Waals surface area contributed by atoms with Crippen LogP contribution >= 0.6 is 0 Å². The van der Waals surface area contributed by atoms with E-state index in [4.69, 9.17) is 0 Å². The Bertz CT molecular complexity index is 1030. The van der Waals surface area contributed by atoms with E-state index >= 15 is 0 Å². The zero-order chi connectivity index (χ0) is 18.7. The van der Waals surface area contributed by atoms with Gasteiger partial charge in [-0.2, -0.15) is 5.10 Å². The van der Waals surface area contributed by atoms with E-state index in [1.54, 1.807) is 25.3 Å². The van der Waals surface area contributed by atoms with Gasteiger partial charge in [0.2, 0.25) is 0 Å². The minimum Gasteiger partial charge on any atom is -0.352 e. The van der Waals surface area contributed by atoms with E-state index in [-0.39, 0.29) is 17.4 Å². The van der Waals surface area contributed by atoms with E-state index in [9.17, 15) is 14.4 Å². The molecule has 3 rings (SSSR count). The Labute approximate surface area is 149 Å². The number of carbonyl (C=O) groups is 1. The van der Waals surface area contributed by atoms with Crippen molar-refractivity contribution >= 4 is 16.8 Å². The number of aromatic nitrogens is 4. The molecule has 0 aliphatic heterocycles. The van der Waals surface area contributed by atoms with E-state index in [0.29, 0.717) is 36.1 Å². The molecule has 0 fully saturated rings. The molecule has 0 aliphatic rings. The molecule has 2 heterocycles. The second-order valence-corrected chi connectivity index (χ2v) is 6.28. The van der Waals surface area contributed by atoms with Crippen LogP contribution in [0.2, 0.25) is 0 Å². The van der Waals surface area contributed by atoms with E-state index < -0.39 is 5.69 Å². The summed E-state index contributed by atoms with van der Waals surface area (Å²) in [5, 5.41) is 7.40. The van der Waals surface area contributed by atoms with Crippen molar-refractivity contribution in [1.29, 1.82) is 0 Å². The highest BCUT2D eigenvalue weighted by molar-refractivity contribution is 5.97. The maximum atomic E-state index is 12.4. The van der Waals surface area contributed by atoms with Gasteiger partial charge in [-0.25, -0.2) is 4.79 Å². The smallest absolute Gasteiger partial charge is 0.328 e. The number of H-pyrrole nitrogens is 1. The van der Waals surface area contributed by atoms with Crippen molar-refractivity contribution in [2.45, 2.75) is 26.9 Å². The monoisotopic (exact) mass is 355 g/mol. The molecule has 26 heavy (non-hydrogen) atoms. The van der Waals surface area contributed by atoms with Gasteiger partial charge in [0, 0.05) is 37.6 Å². The first-order chi connectivity index (χ1) is 12.5. The normalized spacial score (nSPS) is 12.2. The number of nitrogens with one attached hydrogen (secondary N) is 2. The summed E-state index contributed by atoms with van der Waals surface area (Å²) < 4.78 is 2.94. The maximum Gasteiger partial charge on any atom is 0.328 e. The number of hydrogen-bond donors (Lipinski definition) is 2. The lowest BCUT2D eigenvalue weighted by Gasteiger charge is -2.13. The Morgan fingerprint density at radius 3 is 2.85 bits per heavy atom. The molecule has 0 radical (unpaired) electrons. The molecule has 2 N–H and O–H groups in total. The molecule has 1 aromatic carbocycles. The lowest BCUT2D eigenvalue weighted by molar-refractivity contribution is 0.0946. The zero-order valence-corrected chi connectivity index (χ0v) is 14.7. The van der Waals surface area contributed by atoms with Crippen LogP contribution in [0, 0.1) is 5.92 Å². The summed E-state index contributed by atoms with van der Waals surface area (Å²) >= 11 is 0. The van der Waals surface area contributed by atoms with Crippen molar-refractivity contribution < 1.29 is 4.79 Å². The fraction of sp³-hybridized carbons (Fsp3) is 0.333. The van der Waals surface area contributed by atoms with Gasteiger partial charge >= 0.3 is 5.69 Å². The van der Waals surface area contributed by atoms with Crippen LogP contribution in [0.5, 0.6) is 0 Å². The summed E-state index contributed by atoms with van der Waals surface area (Å²) in [6, 6.07) is 6.55. The van der Waals surface area contributed by atoms with Crippen molar-refractivity contribution in [3.63, 3.8) is 0 Å². The molecule has 3 aromatic rings. The molecule has 1 amide bonds. The third kappa shape index (κ3) is 3.58. The van der Waals surface area contributed by atoms with E-state index in [2.05, 4.69) is 15.4 Å². The fourth-order valence-corrected chi connectivity index (χ4v) is 2.84. The molecule has 1 atom stereocenters. The number of hydrogen-bond acceptors (Lipinski definition) is 4. The maximum absolute atomic E-state index is 12.4. The van der Waals surface area contributed by atoms with Crippen LogP contribution in [-0.4, -0.2) is 31.8 Å². The quantitative estimate of drug-likeness (QED) is 0.688. The zero-order valence-electron chi connectivity index (χ0n) is 14.7. The van der Waals surface area contributed by atoms with Crippen LogP contribution in [0.1, 0.15) is 24.2 Å². The van der Waals surface area contributed by atoms with Gasteiger partial charge in [-0.05, 0) is 37.1 Å². The van der Waals surface area contributed by atoms with Crippen LogP contribution in [0.3, 0.4) is 0 Å². The Morgan fingerprint density at radius 2 is 2.15 bits per heavy atom. The van der Waals surface area contributed by atoms with Crippen LogP contribution in [-0.2, 0) is 13.1 Å². The van der Waals surface area contributed by atoms with E-state index in [1.165, 1.54) is 6.07 Å². The fourth-order valence-electron chi connectivity index (χ4n) is 2.84. The minimum absolute atomic E-state index is 0.205. The molecule has 2 aromatic heterocycles. The SMILES string of the molecule is CCn1c(=O)[nH]c2cc(C(=O)NCC(C)Cn3cccn3)ccc2c1=O. The standard InChI is InChI=1S/C18H21N5O3/c1-3-23-17(25)14-6-5-13(9-15(14)21-18(23)26)16(24)19-10-12(2)11-22-8-4-7-20-22/h4-9,12H,3,10-11H2,1-2H3,(H,19,24)(H,21,26). The highest BCUT2D eigenvalue weighted by Crippen LogP contribution is 2.09. The summed E-state index contributed by atoms with van der Waals surface area (Å²) in [7, 11) is 0. The van der Waals surface area contributed by atoms with Crippen molar-refractivity contribution in [2.75, 3.05) is 6.54 Å². The van der Waals surface area contributed by atoms with Gasteiger partial charge in [-0.15, -0.1) is 0 Å². The summed E-state index contributed by atoms with van der Waals surface area (Å²) in [6.45, 7) is 5.24. The number of benzene rings is 1. The molecule has 0 bridgehead atoms. The number of aromatic amines is 1. The van der Waals surface area contributed by atoms with E-state index in [0.717, 1.165) is 4.57 Å². The summed E-state index contributed by atoms with van der Waals surface area (Å²) in [5.41, 5.74) is -0.0727. The third-order valence-corrected chi connectivity index (χ3v) is 4.23. The highest BCUT2D eigenvalue weighted by Gasteiger charge is 2.12. The highest BCUT2D eigenvalue weighted by atomic mass is 16.2. The van der Waals surface area contributed by atoms with Gasteiger partial charge in [0.25, 0.3) is 11.5 Å². The van der Waals surface area contributed by atoms with Gasteiger partial charge in [-0.3, -0.25) is 18.8 Å². The van der Waals surface area contributed by atoms with Crippen LogP contribution in [0.25, 0.3) is 10.9 Å². The third-order valence-electron chi connectivity index (χ3n) is 4.23. The summed E-state index contributed by atoms with van der Waals surface area (Å²) in [5.74, 6) is -0.0457. The number of amides is 1. The Kier molecular flexibility index (Phi) is 5.01. The second kappa shape index (κ2) is 7.38. The number of carbonyl (C=O) groups excluding carboxylic acids is 1. The molecule has 0 saturated carbocycles. The molecule has 136 valence electrons. The molecule has 0 aliphatic carbocycles. The van der Waals surface area contributed by atoms with Crippen molar-refractivity contribution in [3.8, 4) is 0 Å². The van der Waals surface area contributed by atoms with Gasteiger partial charge < -0.3 is 10.3 Å². The Hall–Kier alpha value is -3.16. The number of fused-ring (bicyclic) bond motifs is 1. The average Bonchev–Trinajstić information content (AvgIpc) is 3.12. The Balaban J connectivity index is 1.74. The van der Waals surface area contributed by atoms with E-state index in [1.807, 2.05) is 23.9 Å². The lowest BCUT2D eigenvalue weighted by atomic mass is 10.1. The lowest BCUT2D eigenvalue weighted by Crippen LogP contribution is -2.34. The summed E-state index contributed by atoms with van der Waals surface area (Å²) in [4.78, 5) is 39.2. The second-order valence-electron chi connectivity index (χ2n) is 6.28. The van der Waals surface area contributed by atoms with Crippen molar-refractivity contribution in [2.24, 2.45) is 5.92 Å². The largest absolute Gasteiger partial charge is 0.352 e. The number of nitrogens with zero attached hydrogens (tertiary/aromatic N) is 3. The van der Waals surface area contributed by atoms with Crippen LogP contribution in [0.15, 0.2) is 46.2 Å². The molecule has 0 saturated heterocycles. The average molecular weight is 355 g/mol. The van der Waals surface area contributed by atoms with Crippen molar-refractivity contribution in [1.82, 2.24) is 24.6 Å². The Morgan fingerprint density at radius 1 is 1.35 bits per heavy atom. The predicted molar refractivity (Wildman–Crippen MR) is 98.2 cm³/mol.